The van der Waals surface area contributed by atoms with Crippen molar-refractivity contribution in [3.05, 3.63) is 53.1 Å². The molecule has 0 saturated carbocycles. The monoisotopic (exact) mass is 326 g/mol. The second-order valence-corrected chi connectivity index (χ2v) is 6.16. The molecule has 8 heteroatoms. The maximum Gasteiger partial charge on any atom is 0.255 e. The Hall–Kier alpha value is -2.09. The summed E-state index contributed by atoms with van der Waals surface area (Å²) in [7, 11) is -3.90. The lowest BCUT2D eigenvalue weighted by molar-refractivity contribution is 0.102. The van der Waals surface area contributed by atoms with Gasteiger partial charge in [0.25, 0.3) is 5.91 Å². The van der Waals surface area contributed by atoms with Crippen LogP contribution in [0.4, 0.5) is 5.69 Å². The molecule has 0 saturated heterocycles. The summed E-state index contributed by atoms with van der Waals surface area (Å²) in [5.74, 6) is -0.605. The van der Waals surface area contributed by atoms with Crippen molar-refractivity contribution in [3.8, 4) is 5.75 Å². The molecule has 4 N–H and O–H groups in total. The SMILES string of the molecule is NS(=O)(=O)c1ccc(Cl)c(NC(=O)c2cccc(O)c2)c1. The van der Waals surface area contributed by atoms with Crippen LogP contribution in [0.25, 0.3) is 0 Å². The Labute approximate surface area is 126 Å². The average molecular weight is 327 g/mol. The van der Waals surface area contributed by atoms with Gasteiger partial charge in [0.15, 0.2) is 0 Å². The molecule has 0 aliphatic heterocycles. The third-order valence-electron chi connectivity index (χ3n) is 2.62. The largest absolute Gasteiger partial charge is 0.508 e. The molecule has 2 aromatic rings. The van der Waals surface area contributed by atoms with E-state index >= 15 is 0 Å². The van der Waals surface area contributed by atoms with E-state index in [-0.39, 0.29) is 26.9 Å². The molecule has 0 spiro atoms. The molecule has 0 atom stereocenters. The summed E-state index contributed by atoms with van der Waals surface area (Å²) in [6.45, 7) is 0. The fraction of sp³-hybridized carbons (Fsp3) is 0. The molecule has 0 aliphatic rings. The zero-order valence-corrected chi connectivity index (χ0v) is 12.1. The highest BCUT2D eigenvalue weighted by Crippen LogP contribution is 2.25. The number of hydrogen-bond donors (Lipinski definition) is 3. The van der Waals surface area contributed by atoms with Crippen molar-refractivity contribution in [3.63, 3.8) is 0 Å². The van der Waals surface area contributed by atoms with Crippen LogP contribution < -0.4 is 10.5 Å². The smallest absolute Gasteiger partial charge is 0.255 e. The van der Waals surface area contributed by atoms with E-state index in [1.54, 1.807) is 0 Å². The van der Waals surface area contributed by atoms with Crippen molar-refractivity contribution in [2.75, 3.05) is 5.32 Å². The van der Waals surface area contributed by atoms with Crippen molar-refractivity contribution < 1.29 is 18.3 Å². The lowest BCUT2D eigenvalue weighted by Crippen LogP contribution is -2.15. The number of phenolic OH excluding ortho intramolecular Hbond substituents is 1. The van der Waals surface area contributed by atoms with Gasteiger partial charge < -0.3 is 10.4 Å². The maximum atomic E-state index is 12.0. The zero-order chi connectivity index (χ0) is 15.6. The molecule has 21 heavy (non-hydrogen) atoms. The summed E-state index contributed by atoms with van der Waals surface area (Å²) in [6.07, 6.45) is 0. The van der Waals surface area contributed by atoms with Gasteiger partial charge in [-0.05, 0) is 36.4 Å². The fourth-order valence-electron chi connectivity index (χ4n) is 1.62. The lowest BCUT2D eigenvalue weighted by atomic mass is 10.2. The Morgan fingerprint density at radius 1 is 1.19 bits per heavy atom. The standard InChI is InChI=1S/C13H11ClN2O4S/c14-11-5-4-10(21(15,19)20)7-12(11)16-13(18)8-2-1-3-9(17)6-8/h1-7,17H,(H,16,18)(H2,15,19,20). The van der Waals surface area contributed by atoms with Gasteiger partial charge >= 0.3 is 0 Å². The molecule has 0 radical (unpaired) electrons. The van der Waals surface area contributed by atoms with E-state index in [4.69, 9.17) is 16.7 Å². The number of carbonyl (C=O) groups is 1. The van der Waals surface area contributed by atoms with E-state index in [0.717, 1.165) is 0 Å². The molecule has 0 unspecified atom stereocenters. The van der Waals surface area contributed by atoms with Gasteiger partial charge in [-0.15, -0.1) is 0 Å². The van der Waals surface area contributed by atoms with Gasteiger partial charge in [0, 0.05) is 5.56 Å². The van der Waals surface area contributed by atoms with E-state index < -0.39 is 15.9 Å². The van der Waals surface area contributed by atoms with Crippen LogP contribution in [-0.4, -0.2) is 19.4 Å². The van der Waals surface area contributed by atoms with Crippen molar-refractivity contribution in [2.45, 2.75) is 4.90 Å². The summed E-state index contributed by atoms with van der Waals surface area (Å²) >= 11 is 5.91. The van der Waals surface area contributed by atoms with Crippen molar-refractivity contribution >= 4 is 33.2 Å². The number of aromatic hydroxyl groups is 1. The minimum absolute atomic E-state index is 0.0629. The molecule has 2 aromatic carbocycles. The van der Waals surface area contributed by atoms with Crippen LogP contribution in [0.1, 0.15) is 10.4 Å². The highest BCUT2D eigenvalue weighted by molar-refractivity contribution is 7.89. The second-order valence-electron chi connectivity index (χ2n) is 4.19. The quantitative estimate of drug-likeness (QED) is 0.800. The van der Waals surface area contributed by atoms with Gasteiger partial charge in [-0.3, -0.25) is 4.79 Å². The van der Waals surface area contributed by atoms with Crippen molar-refractivity contribution in [1.82, 2.24) is 0 Å². The molecule has 0 aliphatic carbocycles. The fourth-order valence-corrected chi connectivity index (χ4v) is 2.32. The third kappa shape index (κ3) is 3.72. The normalized spacial score (nSPS) is 11.1. The predicted molar refractivity (Wildman–Crippen MR) is 78.9 cm³/mol. The second kappa shape index (κ2) is 5.72. The summed E-state index contributed by atoms with van der Waals surface area (Å²) in [6, 6.07) is 9.41. The molecule has 110 valence electrons. The maximum absolute atomic E-state index is 12.0. The first-order valence-electron chi connectivity index (χ1n) is 5.70. The zero-order valence-electron chi connectivity index (χ0n) is 10.6. The summed E-state index contributed by atoms with van der Waals surface area (Å²) in [4.78, 5) is 11.8. The topological polar surface area (TPSA) is 109 Å². The molecule has 1 amide bonds. The number of hydrogen-bond acceptors (Lipinski definition) is 4. The first-order valence-corrected chi connectivity index (χ1v) is 7.62. The highest BCUT2D eigenvalue weighted by atomic mass is 35.5. The van der Waals surface area contributed by atoms with Gasteiger partial charge in [-0.1, -0.05) is 17.7 Å². The average Bonchev–Trinajstić information content (AvgIpc) is 2.40. The van der Waals surface area contributed by atoms with Crippen LogP contribution in [-0.2, 0) is 10.0 Å². The Balaban J connectivity index is 2.33. The predicted octanol–water partition coefficient (Wildman–Crippen LogP) is 1.95. The minimum Gasteiger partial charge on any atom is -0.508 e. The van der Waals surface area contributed by atoms with Gasteiger partial charge in [0.05, 0.1) is 15.6 Å². The van der Waals surface area contributed by atoms with E-state index in [1.807, 2.05) is 0 Å². The first-order chi connectivity index (χ1) is 9.77. The lowest BCUT2D eigenvalue weighted by Gasteiger charge is -2.09. The Kier molecular flexibility index (Phi) is 4.17. The van der Waals surface area contributed by atoms with E-state index in [1.165, 1.54) is 42.5 Å². The number of nitrogens with one attached hydrogen (secondary N) is 1. The number of amides is 1. The van der Waals surface area contributed by atoms with Gasteiger partial charge in [-0.25, -0.2) is 13.6 Å². The number of anilines is 1. The number of benzene rings is 2. The molecular formula is C13H11ClN2O4S. The number of phenols is 1. The third-order valence-corrected chi connectivity index (χ3v) is 3.86. The Morgan fingerprint density at radius 2 is 1.90 bits per heavy atom. The van der Waals surface area contributed by atoms with E-state index in [9.17, 15) is 18.3 Å². The van der Waals surface area contributed by atoms with E-state index in [2.05, 4.69) is 5.32 Å². The van der Waals surface area contributed by atoms with E-state index in [0.29, 0.717) is 0 Å². The number of sulfonamides is 1. The number of nitrogens with two attached hydrogens (primary N) is 1. The molecule has 0 heterocycles. The Bertz CT molecular complexity index is 806. The number of primary sulfonamides is 1. The molecule has 0 aromatic heterocycles. The molecule has 6 nitrogen and oxygen atoms in total. The number of rotatable bonds is 3. The molecule has 2 rings (SSSR count). The number of halogens is 1. The van der Waals surface area contributed by atoms with Crippen LogP contribution in [0.5, 0.6) is 5.75 Å². The Morgan fingerprint density at radius 3 is 2.52 bits per heavy atom. The van der Waals surface area contributed by atoms with Crippen molar-refractivity contribution in [1.29, 1.82) is 0 Å². The minimum atomic E-state index is -3.90. The van der Waals surface area contributed by atoms with Gasteiger partial charge in [-0.2, -0.15) is 0 Å². The highest BCUT2D eigenvalue weighted by Gasteiger charge is 2.13. The summed E-state index contributed by atoms with van der Waals surface area (Å²) < 4.78 is 22.6. The van der Waals surface area contributed by atoms with Crippen LogP contribution in [0.15, 0.2) is 47.4 Å². The van der Waals surface area contributed by atoms with Gasteiger partial charge in [0.1, 0.15) is 5.75 Å². The summed E-state index contributed by atoms with van der Waals surface area (Å²) in [5.41, 5.74) is 0.309. The van der Waals surface area contributed by atoms with Crippen LogP contribution in [0.2, 0.25) is 5.02 Å². The molecular weight excluding hydrogens is 316 g/mol. The number of carbonyl (C=O) groups excluding carboxylic acids is 1. The summed E-state index contributed by atoms with van der Waals surface area (Å²) in [5, 5.41) is 17.0. The van der Waals surface area contributed by atoms with Gasteiger partial charge in [0.2, 0.25) is 10.0 Å². The van der Waals surface area contributed by atoms with Crippen molar-refractivity contribution in [2.24, 2.45) is 5.14 Å². The van der Waals surface area contributed by atoms with Crippen LogP contribution >= 0.6 is 11.6 Å². The first kappa shape index (κ1) is 15.3. The van der Waals surface area contributed by atoms with Crippen LogP contribution in [0, 0.1) is 0 Å². The van der Waals surface area contributed by atoms with Crippen LogP contribution in [0.3, 0.4) is 0 Å². The molecule has 0 bridgehead atoms. The molecule has 0 fully saturated rings.